The molecule has 0 aliphatic carbocycles. The maximum absolute atomic E-state index is 5.49. The Hall–Kier alpha value is -1.10. The molecule has 2 rings (SSSR count). The smallest absolute Gasteiger partial charge is 0.169 e. The second kappa shape index (κ2) is 2.20. The first-order chi connectivity index (χ1) is 5.27. The Morgan fingerprint density at radius 1 is 1.45 bits per heavy atom. The molecule has 0 saturated heterocycles. The first-order valence-corrected chi connectivity index (χ1v) is 3.81. The van der Waals surface area contributed by atoms with Crippen molar-refractivity contribution in [2.75, 3.05) is 5.73 Å². The van der Waals surface area contributed by atoms with Gasteiger partial charge in [0.15, 0.2) is 5.65 Å². The summed E-state index contributed by atoms with van der Waals surface area (Å²) >= 11 is 3.30. The zero-order valence-corrected chi connectivity index (χ0v) is 7.12. The van der Waals surface area contributed by atoms with Crippen LogP contribution in [0, 0.1) is 0 Å². The van der Waals surface area contributed by atoms with Gasteiger partial charge in [0, 0.05) is 0 Å². The van der Waals surface area contributed by atoms with Gasteiger partial charge in [0.25, 0.3) is 0 Å². The van der Waals surface area contributed by atoms with Gasteiger partial charge in [-0.15, -0.1) is 0 Å². The molecule has 4 nitrogen and oxygen atoms in total. The number of aromatic nitrogens is 3. The molecule has 2 aromatic rings. The summed E-state index contributed by atoms with van der Waals surface area (Å²) in [6, 6.07) is 0. The highest BCUT2D eigenvalue weighted by Crippen LogP contribution is 2.14. The minimum Gasteiger partial charge on any atom is -0.396 e. The quantitative estimate of drug-likeness (QED) is 0.712. The lowest BCUT2D eigenvalue weighted by molar-refractivity contribution is 0.942. The number of rotatable bonds is 0. The van der Waals surface area contributed by atoms with E-state index < -0.39 is 0 Å². The maximum atomic E-state index is 5.49. The molecule has 0 aliphatic heterocycles. The van der Waals surface area contributed by atoms with Gasteiger partial charge in [-0.2, -0.15) is 5.10 Å². The molecule has 0 unspecified atom stereocenters. The molecule has 0 spiro atoms. The fourth-order valence-corrected chi connectivity index (χ4v) is 1.24. The van der Waals surface area contributed by atoms with E-state index in [0.717, 1.165) is 10.1 Å². The largest absolute Gasteiger partial charge is 0.396 e. The Morgan fingerprint density at radius 2 is 2.27 bits per heavy atom. The fourth-order valence-electron chi connectivity index (χ4n) is 0.860. The third-order valence-electron chi connectivity index (χ3n) is 1.33. The van der Waals surface area contributed by atoms with Gasteiger partial charge in [0.1, 0.15) is 0 Å². The second-order valence-electron chi connectivity index (χ2n) is 2.15. The van der Waals surface area contributed by atoms with Crippen molar-refractivity contribution in [3.05, 3.63) is 23.1 Å². The highest BCUT2D eigenvalue weighted by Gasteiger charge is 2.00. The normalized spacial score (nSPS) is 10.6. The molecule has 11 heavy (non-hydrogen) atoms. The molecule has 0 bridgehead atoms. The van der Waals surface area contributed by atoms with E-state index in [1.807, 2.05) is 0 Å². The molecule has 0 fully saturated rings. The van der Waals surface area contributed by atoms with Crippen LogP contribution in [0.15, 0.2) is 23.1 Å². The maximum Gasteiger partial charge on any atom is 0.169 e. The number of fused-ring (bicyclic) bond motifs is 1. The Balaban J connectivity index is 2.86. The highest BCUT2D eigenvalue weighted by molar-refractivity contribution is 9.10. The second-order valence-corrected chi connectivity index (χ2v) is 3.00. The van der Waals surface area contributed by atoms with E-state index in [1.54, 1.807) is 23.1 Å². The van der Waals surface area contributed by atoms with E-state index in [-0.39, 0.29) is 0 Å². The van der Waals surface area contributed by atoms with E-state index in [1.165, 1.54) is 0 Å². The Morgan fingerprint density at radius 3 is 3.09 bits per heavy atom. The Kier molecular flexibility index (Phi) is 1.32. The number of hydrogen-bond donors (Lipinski definition) is 1. The van der Waals surface area contributed by atoms with Crippen LogP contribution in [0.3, 0.4) is 0 Å². The number of anilines is 1. The van der Waals surface area contributed by atoms with Gasteiger partial charge >= 0.3 is 0 Å². The van der Waals surface area contributed by atoms with Crippen molar-refractivity contribution in [3.63, 3.8) is 0 Å². The first-order valence-electron chi connectivity index (χ1n) is 3.02. The summed E-state index contributed by atoms with van der Waals surface area (Å²) in [5, 5.41) is 4.01. The zero-order valence-electron chi connectivity index (χ0n) is 5.53. The van der Waals surface area contributed by atoms with Gasteiger partial charge in [-0.05, 0) is 15.9 Å². The van der Waals surface area contributed by atoms with Gasteiger partial charge in [0.05, 0.1) is 28.8 Å². The summed E-state index contributed by atoms with van der Waals surface area (Å²) in [4.78, 5) is 4.07. The molecule has 2 heterocycles. The van der Waals surface area contributed by atoms with Crippen molar-refractivity contribution >= 4 is 27.3 Å². The number of nitrogens with zero attached hydrogens (tertiary/aromatic N) is 3. The van der Waals surface area contributed by atoms with Crippen LogP contribution in [0.4, 0.5) is 5.69 Å². The van der Waals surface area contributed by atoms with E-state index in [0.29, 0.717) is 5.69 Å². The molecule has 0 atom stereocenters. The van der Waals surface area contributed by atoms with E-state index >= 15 is 0 Å². The topological polar surface area (TPSA) is 56.2 Å². The summed E-state index contributed by atoms with van der Waals surface area (Å²) in [6.45, 7) is 0. The monoisotopic (exact) mass is 212 g/mol. The van der Waals surface area contributed by atoms with E-state index in [9.17, 15) is 0 Å². The summed E-state index contributed by atoms with van der Waals surface area (Å²) in [5.41, 5.74) is 6.88. The fraction of sp³-hybridized carbons (Fsp3) is 0. The third kappa shape index (κ3) is 0.970. The van der Waals surface area contributed by atoms with E-state index in [2.05, 4.69) is 26.0 Å². The SMILES string of the molecule is Nc1cnc2c(Br)cnn2c1. The minimum absolute atomic E-state index is 0.605. The lowest BCUT2D eigenvalue weighted by Gasteiger charge is -1.93. The predicted molar refractivity (Wildman–Crippen MR) is 45.1 cm³/mol. The lowest BCUT2D eigenvalue weighted by Crippen LogP contribution is -1.93. The van der Waals surface area contributed by atoms with Crippen LogP contribution in [0.5, 0.6) is 0 Å². The van der Waals surface area contributed by atoms with Crippen LogP contribution in [0.25, 0.3) is 5.65 Å². The van der Waals surface area contributed by atoms with Crippen LogP contribution in [0.1, 0.15) is 0 Å². The summed E-state index contributed by atoms with van der Waals surface area (Å²) < 4.78 is 2.50. The van der Waals surface area contributed by atoms with Crippen LogP contribution in [0.2, 0.25) is 0 Å². The molecule has 2 N–H and O–H groups in total. The average Bonchev–Trinajstić information content (AvgIpc) is 2.32. The molecular weight excluding hydrogens is 208 g/mol. The lowest BCUT2D eigenvalue weighted by atomic mass is 10.5. The Labute approximate surface area is 71.2 Å². The molecule has 0 aliphatic rings. The van der Waals surface area contributed by atoms with E-state index in [4.69, 9.17) is 5.73 Å². The van der Waals surface area contributed by atoms with Crippen molar-refractivity contribution in [2.45, 2.75) is 0 Å². The van der Waals surface area contributed by atoms with Crippen molar-refractivity contribution in [2.24, 2.45) is 0 Å². The molecule has 0 radical (unpaired) electrons. The van der Waals surface area contributed by atoms with Crippen LogP contribution in [-0.4, -0.2) is 14.6 Å². The van der Waals surface area contributed by atoms with Crippen molar-refractivity contribution < 1.29 is 0 Å². The molecule has 0 aromatic carbocycles. The van der Waals surface area contributed by atoms with Crippen LogP contribution in [-0.2, 0) is 0 Å². The molecule has 0 saturated carbocycles. The summed E-state index contributed by atoms with van der Waals surface area (Å²) in [7, 11) is 0. The van der Waals surface area contributed by atoms with Gasteiger partial charge in [-0.25, -0.2) is 9.50 Å². The standard InChI is InChI=1S/C6H5BrN4/c7-5-2-10-11-3-4(8)1-9-6(5)11/h1-3H,8H2. The van der Waals surface area contributed by atoms with Crippen molar-refractivity contribution in [3.8, 4) is 0 Å². The summed E-state index contributed by atoms with van der Waals surface area (Å²) in [6.07, 6.45) is 5.00. The minimum atomic E-state index is 0.605. The molecule has 0 amide bonds. The summed E-state index contributed by atoms with van der Waals surface area (Å²) in [5.74, 6) is 0. The van der Waals surface area contributed by atoms with Crippen molar-refractivity contribution in [1.29, 1.82) is 0 Å². The first kappa shape index (κ1) is 6.60. The molecule has 5 heteroatoms. The third-order valence-corrected chi connectivity index (χ3v) is 1.89. The molecule has 56 valence electrons. The van der Waals surface area contributed by atoms with Gasteiger partial charge in [0.2, 0.25) is 0 Å². The Bertz CT molecular complexity index is 394. The van der Waals surface area contributed by atoms with Gasteiger partial charge in [-0.1, -0.05) is 0 Å². The van der Waals surface area contributed by atoms with Gasteiger partial charge in [-0.3, -0.25) is 0 Å². The zero-order chi connectivity index (χ0) is 7.84. The van der Waals surface area contributed by atoms with Crippen LogP contribution < -0.4 is 5.73 Å². The van der Waals surface area contributed by atoms with Crippen molar-refractivity contribution in [1.82, 2.24) is 14.6 Å². The number of nitrogens with two attached hydrogens (primary N) is 1. The van der Waals surface area contributed by atoms with Gasteiger partial charge < -0.3 is 5.73 Å². The van der Waals surface area contributed by atoms with Crippen LogP contribution >= 0.6 is 15.9 Å². The number of nitrogen functional groups attached to an aromatic ring is 1. The molecule has 2 aromatic heterocycles. The number of halogens is 1. The average molecular weight is 213 g/mol. The number of hydrogen-bond acceptors (Lipinski definition) is 3. The molecular formula is C6H5BrN4. The highest BCUT2D eigenvalue weighted by atomic mass is 79.9. The predicted octanol–water partition coefficient (Wildman–Crippen LogP) is 1.07.